The van der Waals surface area contributed by atoms with Crippen LogP contribution in [0.2, 0.25) is 0 Å². The highest BCUT2D eigenvalue weighted by Crippen LogP contribution is 2.26. The van der Waals surface area contributed by atoms with Crippen LogP contribution in [-0.2, 0) is 20.9 Å². The normalized spacial score (nSPS) is 15.9. The van der Waals surface area contributed by atoms with Crippen LogP contribution in [0, 0.1) is 5.92 Å². The van der Waals surface area contributed by atoms with E-state index < -0.39 is 6.04 Å². The summed E-state index contributed by atoms with van der Waals surface area (Å²) < 4.78 is 7.24. The highest BCUT2D eigenvalue weighted by Gasteiger charge is 2.32. The SMILES string of the molecule is CC(C)COCc1ccccc1.C[C@@H]1CCCN1C(=O)C(c1ccccc1)n1cnc(NC=O)c1. The standard InChI is InChI=1S/C17H20N4O2.C11H16O/c1-13-6-5-9-21(13)17(23)16(14-7-3-2-4-8-14)20-10-15(18-11-20)19-12-22;1-10(2)8-12-9-11-6-4-3-5-7-11/h2-4,7-8,10-13,16H,5-6,9H2,1H3,(H,19,22);3-7,10H,8-9H2,1-2H3/t13-,16?;/m1./s1. The molecule has 1 aliphatic rings. The van der Waals surface area contributed by atoms with E-state index in [0.29, 0.717) is 18.1 Å². The Balaban J connectivity index is 0.000000241. The lowest BCUT2D eigenvalue weighted by molar-refractivity contribution is -0.134. The van der Waals surface area contributed by atoms with Crippen molar-refractivity contribution in [2.45, 2.75) is 52.3 Å². The molecule has 2 heterocycles. The summed E-state index contributed by atoms with van der Waals surface area (Å²) in [5.74, 6) is 1.12. The van der Waals surface area contributed by atoms with Gasteiger partial charge in [0.25, 0.3) is 5.91 Å². The molecule has 0 bridgehead atoms. The third-order valence-corrected chi connectivity index (χ3v) is 5.85. The number of anilines is 1. The maximum absolute atomic E-state index is 13.1. The van der Waals surface area contributed by atoms with Gasteiger partial charge in [0.05, 0.1) is 12.9 Å². The van der Waals surface area contributed by atoms with Crippen LogP contribution in [0.1, 0.15) is 50.8 Å². The molecular formula is C28H36N4O3. The highest BCUT2D eigenvalue weighted by molar-refractivity contribution is 5.84. The fourth-order valence-electron chi connectivity index (χ4n) is 4.09. The van der Waals surface area contributed by atoms with E-state index >= 15 is 0 Å². The Morgan fingerprint density at radius 2 is 1.83 bits per heavy atom. The lowest BCUT2D eigenvalue weighted by atomic mass is 10.0. The molecule has 1 fully saturated rings. The van der Waals surface area contributed by atoms with Gasteiger partial charge in [-0.15, -0.1) is 0 Å². The first-order valence-corrected chi connectivity index (χ1v) is 12.2. The van der Waals surface area contributed by atoms with Crippen LogP contribution in [0.15, 0.2) is 73.2 Å². The summed E-state index contributed by atoms with van der Waals surface area (Å²) in [6.45, 7) is 8.77. The molecule has 7 heteroatoms. The van der Waals surface area contributed by atoms with E-state index in [4.69, 9.17) is 4.74 Å². The Hall–Kier alpha value is -3.45. The van der Waals surface area contributed by atoms with Crippen molar-refractivity contribution in [1.29, 1.82) is 0 Å². The van der Waals surface area contributed by atoms with Crippen LogP contribution in [0.4, 0.5) is 5.82 Å². The minimum atomic E-state index is -0.466. The number of aromatic nitrogens is 2. The molecule has 4 rings (SSSR count). The quantitative estimate of drug-likeness (QED) is 0.445. The summed E-state index contributed by atoms with van der Waals surface area (Å²) in [5.41, 5.74) is 2.16. The molecular weight excluding hydrogens is 440 g/mol. The molecule has 35 heavy (non-hydrogen) atoms. The Bertz CT molecular complexity index is 1040. The Labute approximate surface area is 208 Å². The number of nitrogens with zero attached hydrogens (tertiary/aromatic N) is 3. The summed E-state index contributed by atoms with van der Waals surface area (Å²) in [7, 11) is 0. The molecule has 2 aromatic carbocycles. The van der Waals surface area contributed by atoms with Crippen molar-refractivity contribution in [2.75, 3.05) is 18.5 Å². The van der Waals surface area contributed by atoms with Gasteiger partial charge < -0.3 is 19.5 Å². The van der Waals surface area contributed by atoms with Crippen molar-refractivity contribution in [3.63, 3.8) is 0 Å². The fourth-order valence-corrected chi connectivity index (χ4v) is 4.09. The lowest BCUT2D eigenvalue weighted by Crippen LogP contribution is -2.39. The highest BCUT2D eigenvalue weighted by atomic mass is 16.5. The van der Waals surface area contributed by atoms with Gasteiger partial charge in [-0.1, -0.05) is 74.5 Å². The van der Waals surface area contributed by atoms with Gasteiger partial charge in [-0.05, 0) is 36.8 Å². The monoisotopic (exact) mass is 476 g/mol. The lowest BCUT2D eigenvalue weighted by Gasteiger charge is -2.27. The first-order chi connectivity index (χ1) is 17.0. The number of hydrogen-bond donors (Lipinski definition) is 1. The number of benzene rings is 2. The zero-order valence-corrected chi connectivity index (χ0v) is 20.8. The Morgan fingerprint density at radius 3 is 2.43 bits per heavy atom. The first kappa shape index (κ1) is 26.2. The van der Waals surface area contributed by atoms with E-state index in [1.54, 1.807) is 17.1 Å². The van der Waals surface area contributed by atoms with Crippen molar-refractivity contribution in [1.82, 2.24) is 14.5 Å². The van der Waals surface area contributed by atoms with E-state index in [1.807, 2.05) is 53.4 Å². The molecule has 0 radical (unpaired) electrons. The molecule has 186 valence electrons. The fraction of sp³-hybridized carbons (Fsp3) is 0.393. The summed E-state index contributed by atoms with van der Waals surface area (Å²) in [4.78, 5) is 29.8. The van der Waals surface area contributed by atoms with Gasteiger partial charge >= 0.3 is 0 Å². The predicted octanol–water partition coefficient (Wildman–Crippen LogP) is 4.91. The summed E-state index contributed by atoms with van der Waals surface area (Å²) >= 11 is 0. The van der Waals surface area contributed by atoms with E-state index in [-0.39, 0.29) is 11.9 Å². The third-order valence-electron chi connectivity index (χ3n) is 5.85. The molecule has 3 aromatic rings. The van der Waals surface area contributed by atoms with Crippen molar-refractivity contribution >= 4 is 18.1 Å². The second-order valence-corrected chi connectivity index (χ2v) is 9.20. The first-order valence-electron chi connectivity index (χ1n) is 12.2. The van der Waals surface area contributed by atoms with E-state index in [0.717, 1.165) is 38.2 Å². The number of ether oxygens (including phenoxy) is 1. The number of hydrogen-bond acceptors (Lipinski definition) is 4. The molecule has 1 aromatic heterocycles. The molecule has 0 aliphatic carbocycles. The second-order valence-electron chi connectivity index (χ2n) is 9.20. The molecule has 2 amide bonds. The summed E-state index contributed by atoms with van der Waals surface area (Å²) in [6.07, 6.45) is 5.92. The van der Waals surface area contributed by atoms with Crippen LogP contribution >= 0.6 is 0 Å². The van der Waals surface area contributed by atoms with Crippen molar-refractivity contribution in [2.24, 2.45) is 5.92 Å². The smallest absolute Gasteiger partial charge is 0.250 e. The molecule has 1 unspecified atom stereocenters. The van der Waals surface area contributed by atoms with Crippen molar-refractivity contribution < 1.29 is 14.3 Å². The predicted molar refractivity (Wildman–Crippen MR) is 138 cm³/mol. The van der Waals surface area contributed by atoms with Crippen LogP contribution in [0.3, 0.4) is 0 Å². The number of carbonyl (C=O) groups excluding carboxylic acids is 2. The molecule has 7 nitrogen and oxygen atoms in total. The van der Waals surface area contributed by atoms with Crippen LogP contribution in [0.25, 0.3) is 0 Å². The molecule has 2 atom stereocenters. The van der Waals surface area contributed by atoms with Crippen LogP contribution in [-0.4, -0.2) is 46.0 Å². The number of likely N-dealkylation sites (tertiary alicyclic amines) is 1. The molecule has 1 saturated heterocycles. The summed E-state index contributed by atoms with van der Waals surface area (Å²) in [6, 6.07) is 19.7. The third kappa shape index (κ3) is 7.79. The molecule has 0 saturated carbocycles. The number of amides is 2. The van der Waals surface area contributed by atoms with Crippen molar-refractivity contribution in [3.8, 4) is 0 Å². The van der Waals surface area contributed by atoms with Crippen molar-refractivity contribution in [3.05, 3.63) is 84.3 Å². The minimum Gasteiger partial charge on any atom is -0.377 e. The Morgan fingerprint density at radius 1 is 1.14 bits per heavy atom. The van der Waals surface area contributed by atoms with Crippen LogP contribution in [0.5, 0.6) is 0 Å². The molecule has 0 spiro atoms. The van der Waals surface area contributed by atoms with E-state index in [2.05, 4.69) is 43.2 Å². The number of carbonyl (C=O) groups is 2. The number of rotatable bonds is 9. The van der Waals surface area contributed by atoms with Gasteiger partial charge in [0.2, 0.25) is 6.41 Å². The van der Waals surface area contributed by atoms with E-state index in [9.17, 15) is 9.59 Å². The van der Waals surface area contributed by atoms with E-state index in [1.165, 1.54) is 5.56 Å². The van der Waals surface area contributed by atoms with Gasteiger partial charge in [0.15, 0.2) is 5.82 Å². The number of imidazole rings is 1. The van der Waals surface area contributed by atoms with Gasteiger partial charge in [-0.25, -0.2) is 4.98 Å². The maximum atomic E-state index is 13.1. The molecule has 1 N–H and O–H groups in total. The maximum Gasteiger partial charge on any atom is 0.250 e. The average Bonchev–Trinajstić information content (AvgIpc) is 3.50. The zero-order chi connectivity index (χ0) is 25.0. The largest absolute Gasteiger partial charge is 0.377 e. The van der Waals surface area contributed by atoms with Gasteiger partial charge in [0.1, 0.15) is 6.04 Å². The Kier molecular flexibility index (Phi) is 10.0. The second kappa shape index (κ2) is 13.4. The van der Waals surface area contributed by atoms with Gasteiger partial charge in [0, 0.05) is 25.4 Å². The molecule has 1 aliphatic heterocycles. The topological polar surface area (TPSA) is 76.5 Å². The van der Waals surface area contributed by atoms with Gasteiger partial charge in [-0.3, -0.25) is 9.59 Å². The zero-order valence-electron chi connectivity index (χ0n) is 20.8. The average molecular weight is 477 g/mol. The summed E-state index contributed by atoms with van der Waals surface area (Å²) in [5, 5.41) is 2.51. The van der Waals surface area contributed by atoms with Gasteiger partial charge in [-0.2, -0.15) is 0 Å². The van der Waals surface area contributed by atoms with Crippen LogP contribution < -0.4 is 5.32 Å². The number of nitrogens with one attached hydrogen (secondary N) is 1. The minimum absolute atomic E-state index is 0.0660.